The average Bonchev–Trinajstić information content (AvgIpc) is 2.94. The van der Waals surface area contributed by atoms with Crippen molar-refractivity contribution in [2.45, 2.75) is 11.9 Å². The highest BCUT2D eigenvalue weighted by atomic mass is 16.9. The first-order valence-electron chi connectivity index (χ1n) is 6.48. The highest BCUT2D eigenvalue weighted by Crippen LogP contribution is 2.54. The second kappa shape index (κ2) is 7.13. The zero-order valence-electron chi connectivity index (χ0n) is 14.2. The van der Waals surface area contributed by atoms with Crippen LogP contribution in [0.5, 0.6) is 0 Å². The minimum Gasteiger partial charge on any atom is -0.467 e. The summed E-state index contributed by atoms with van der Waals surface area (Å²) < 4.78 is 35.9. The van der Waals surface area contributed by atoms with Gasteiger partial charge in [-0.05, 0) is 0 Å². The Hall–Kier alpha value is -2.21. The first-order valence-corrected chi connectivity index (χ1v) is 6.48. The Kier molecular flexibility index (Phi) is 5.89. The molecule has 1 aliphatic heterocycles. The van der Waals surface area contributed by atoms with Gasteiger partial charge in [0, 0.05) is 35.5 Å². The van der Waals surface area contributed by atoms with Crippen LogP contribution >= 0.6 is 0 Å². The summed E-state index contributed by atoms with van der Waals surface area (Å²) >= 11 is 0. The maximum Gasteiger partial charge on any atom is 0.363 e. The number of ether oxygens (including phenoxy) is 7. The van der Waals surface area contributed by atoms with Gasteiger partial charge in [0.1, 0.15) is 11.6 Å². The summed E-state index contributed by atoms with van der Waals surface area (Å²) in [6.45, 7) is 0. The van der Waals surface area contributed by atoms with Crippen molar-refractivity contribution >= 4 is 5.97 Å². The van der Waals surface area contributed by atoms with Crippen molar-refractivity contribution in [3.8, 4) is 12.1 Å². The van der Waals surface area contributed by atoms with Crippen molar-refractivity contribution in [3.05, 3.63) is 11.3 Å². The van der Waals surface area contributed by atoms with E-state index in [0.29, 0.717) is 0 Å². The van der Waals surface area contributed by atoms with E-state index in [-0.39, 0.29) is 0 Å². The number of carbonyl (C=O) groups is 1. The number of nitriles is 2. The summed E-state index contributed by atoms with van der Waals surface area (Å²) in [6.07, 6.45) is 0. The zero-order valence-corrected chi connectivity index (χ0v) is 14.2. The fourth-order valence-corrected chi connectivity index (χ4v) is 2.49. The van der Waals surface area contributed by atoms with Crippen LogP contribution in [0.25, 0.3) is 0 Å². The summed E-state index contributed by atoms with van der Waals surface area (Å²) in [5.41, 5.74) is -2.89. The van der Waals surface area contributed by atoms with Gasteiger partial charge >= 0.3 is 17.9 Å². The lowest BCUT2D eigenvalue weighted by molar-refractivity contribution is -0.400. The second-order valence-corrected chi connectivity index (χ2v) is 4.40. The van der Waals surface area contributed by atoms with Crippen LogP contribution in [-0.4, -0.2) is 60.6 Å². The van der Waals surface area contributed by atoms with Crippen LogP contribution in [0.3, 0.4) is 0 Å². The summed E-state index contributed by atoms with van der Waals surface area (Å²) in [5, 5.41) is 19.3. The molecule has 0 N–H and O–H groups in total. The van der Waals surface area contributed by atoms with Crippen LogP contribution < -0.4 is 0 Å². The number of nitrogens with zero attached hydrogens (tertiary/aromatic N) is 2. The fourth-order valence-electron chi connectivity index (χ4n) is 2.49. The molecule has 0 aliphatic carbocycles. The lowest BCUT2D eigenvalue weighted by Crippen LogP contribution is -2.54. The van der Waals surface area contributed by atoms with E-state index < -0.39 is 34.7 Å². The van der Waals surface area contributed by atoms with E-state index >= 15 is 0 Å². The van der Waals surface area contributed by atoms with Gasteiger partial charge in [0.15, 0.2) is 0 Å². The molecule has 132 valence electrons. The Balaban J connectivity index is 3.89. The Morgan fingerprint density at radius 3 is 1.83 bits per heavy atom. The monoisotopic (exact) mass is 342 g/mol. The Labute approximate surface area is 139 Å². The molecule has 1 rings (SSSR count). The highest BCUT2D eigenvalue weighted by molar-refractivity contribution is 5.87. The van der Waals surface area contributed by atoms with Gasteiger partial charge in [0.2, 0.25) is 5.76 Å². The van der Waals surface area contributed by atoms with Gasteiger partial charge in [-0.1, -0.05) is 0 Å². The van der Waals surface area contributed by atoms with Gasteiger partial charge in [-0.15, -0.1) is 0 Å². The molecule has 10 heteroatoms. The Morgan fingerprint density at radius 1 is 1.04 bits per heavy atom. The number of hydrogen-bond acceptors (Lipinski definition) is 10. The number of methoxy groups -OCH3 is 6. The molecule has 10 nitrogen and oxygen atoms in total. The third-order valence-electron chi connectivity index (χ3n) is 3.69. The lowest BCUT2D eigenvalue weighted by atomic mass is 9.80. The second-order valence-electron chi connectivity index (χ2n) is 4.40. The van der Waals surface area contributed by atoms with Gasteiger partial charge < -0.3 is 33.2 Å². The number of rotatable bonds is 7. The molecule has 0 spiro atoms. The van der Waals surface area contributed by atoms with E-state index in [2.05, 4.69) is 4.74 Å². The maximum atomic E-state index is 12.4. The molecule has 1 unspecified atom stereocenters. The quantitative estimate of drug-likeness (QED) is 0.461. The molecule has 0 aromatic carbocycles. The van der Waals surface area contributed by atoms with Crippen molar-refractivity contribution in [2.24, 2.45) is 5.41 Å². The van der Waals surface area contributed by atoms with E-state index in [1.807, 2.05) is 0 Å². The first kappa shape index (κ1) is 19.8. The van der Waals surface area contributed by atoms with E-state index in [1.165, 1.54) is 21.3 Å². The standard InChI is InChI=1S/C14H18N2O8/c1-18-11(17)12(8-16)9(7-15)10(13(19-2,20-3)21-4)24-14(12,22-5)23-6/h1-6H3. The first-order chi connectivity index (χ1) is 11.4. The molecule has 0 fully saturated rings. The van der Waals surface area contributed by atoms with Crippen molar-refractivity contribution < 1.29 is 38.0 Å². The molecule has 0 bridgehead atoms. The molecular formula is C14H18N2O8. The third kappa shape index (κ3) is 2.24. The van der Waals surface area contributed by atoms with Crippen molar-refractivity contribution in [3.63, 3.8) is 0 Å². The maximum absolute atomic E-state index is 12.4. The van der Waals surface area contributed by atoms with Crippen molar-refractivity contribution in [2.75, 3.05) is 42.7 Å². The van der Waals surface area contributed by atoms with Gasteiger partial charge in [-0.2, -0.15) is 10.5 Å². The Morgan fingerprint density at radius 2 is 1.54 bits per heavy atom. The minimum atomic E-state index is -2.39. The summed E-state index contributed by atoms with van der Waals surface area (Å²) in [6, 6.07) is 3.43. The van der Waals surface area contributed by atoms with Gasteiger partial charge in [-0.25, -0.2) is 4.79 Å². The molecule has 0 aromatic heterocycles. The normalized spacial score (nSPS) is 22.5. The average molecular weight is 342 g/mol. The fraction of sp³-hybridized carbons (Fsp3) is 0.643. The minimum absolute atomic E-state index is 0.409. The molecular weight excluding hydrogens is 324 g/mol. The molecule has 1 atom stereocenters. The topological polar surface area (TPSA) is 129 Å². The number of carbonyl (C=O) groups excluding carboxylic acids is 1. The van der Waals surface area contributed by atoms with Gasteiger partial charge in [-0.3, -0.25) is 0 Å². The molecule has 1 aliphatic rings. The Bertz CT molecular complexity index is 601. The van der Waals surface area contributed by atoms with Crippen LogP contribution in [0.4, 0.5) is 0 Å². The summed E-state index contributed by atoms with van der Waals surface area (Å²) in [7, 11) is 6.94. The summed E-state index contributed by atoms with van der Waals surface area (Å²) in [5.74, 6) is -5.86. The van der Waals surface area contributed by atoms with Crippen molar-refractivity contribution in [1.29, 1.82) is 10.5 Å². The molecule has 24 heavy (non-hydrogen) atoms. The SMILES string of the molecule is COC(=O)C1(C#N)C(C#N)=C(C(OC)(OC)OC)OC1(OC)OC. The molecule has 1 heterocycles. The van der Waals surface area contributed by atoms with Gasteiger partial charge in [0.05, 0.1) is 13.2 Å². The summed E-state index contributed by atoms with van der Waals surface area (Å²) in [4.78, 5) is 12.4. The highest BCUT2D eigenvalue weighted by Gasteiger charge is 2.74. The van der Waals surface area contributed by atoms with E-state index in [4.69, 9.17) is 28.4 Å². The van der Waals surface area contributed by atoms with E-state index in [1.54, 1.807) is 12.1 Å². The van der Waals surface area contributed by atoms with Crippen LogP contribution in [-0.2, 0) is 38.0 Å². The lowest BCUT2D eigenvalue weighted by Gasteiger charge is -2.35. The van der Waals surface area contributed by atoms with Crippen LogP contribution in [0.15, 0.2) is 11.3 Å². The molecule has 0 amide bonds. The molecule has 0 radical (unpaired) electrons. The number of hydrogen-bond donors (Lipinski definition) is 0. The smallest absolute Gasteiger partial charge is 0.363 e. The van der Waals surface area contributed by atoms with E-state index in [9.17, 15) is 15.3 Å². The van der Waals surface area contributed by atoms with Crippen LogP contribution in [0, 0.1) is 28.1 Å². The predicted octanol–water partition coefficient (Wildman–Crippen LogP) is 0.0169. The van der Waals surface area contributed by atoms with Crippen LogP contribution in [0.2, 0.25) is 0 Å². The largest absolute Gasteiger partial charge is 0.467 e. The van der Waals surface area contributed by atoms with E-state index in [0.717, 1.165) is 21.3 Å². The van der Waals surface area contributed by atoms with Crippen molar-refractivity contribution in [1.82, 2.24) is 0 Å². The molecule has 0 saturated carbocycles. The zero-order chi connectivity index (χ0) is 18.6. The number of esters is 1. The third-order valence-corrected chi connectivity index (χ3v) is 3.69. The van der Waals surface area contributed by atoms with Crippen LogP contribution in [0.1, 0.15) is 0 Å². The molecule has 0 aromatic rings. The predicted molar refractivity (Wildman–Crippen MR) is 74.3 cm³/mol. The van der Waals surface area contributed by atoms with Gasteiger partial charge in [0.25, 0.3) is 5.41 Å². The molecule has 0 saturated heterocycles.